The van der Waals surface area contributed by atoms with Crippen molar-refractivity contribution in [2.45, 2.75) is 18.6 Å². The highest BCUT2D eigenvalue weighted by molar-refractivity contribution is 7.18. The van der Waals surface area contributed by atoms with Crippen LogP contribution >= 0.6 is 11.3 Å². The fourth-order valence-corrected chi connectivity index (χ4v) is 4.86. The van der Waals surface area contributed by atoms with Gasteiger partial charge in [0.15, 0.2) is 16.7 Å². The maximum atomic E-state index is 13.0. The number of carbonyl (C=O) groups is 2. The van der Waals surface area contributed by atoms with Crippen molar-refractivity contribution in [1.29, 1.82) is 0 Å². The highest BCUT2D eigenvalue weighted by atomic mass is 32.1. The highest BCUT2D eigenvalue weighted by Gasteiger charge is 2.40. The normalized spacial score (nSPS) is 18.1. The molecular weight excluding hydrogens is 432 g/mol. The summed E-state index contributed by atoms with van der Waals surface area (Å²) >= 11 is 1.12. The molecule has 32 heavy (non-hydrogen) atoms. The number of nitrogens with one attached hydrogen (secondary N) is 1. The van der Waals surface area contributed by atoms with E-state index in [0.29, 0.717) is 53.5 Å². The second-order valence-corrected chi connectivity index (χ2v) is 8.65. The maximum Gasteiger partial charge on any atom is 0.240 e. The van der Waals surface area contributed by atoms with Gasteiger partial charge in [-0.3, -0.25) is 19.5 Å². The van der Waals surface area contributed by atoms with Crippen LogP contribution in [0.1, 0.15) is 28.2 Å². The van der Waals surface area contributed by atoms with Crippen LogP contribution in [-0.2, 0) is 14.3 Å². The van der Waals surface area contributed by atoms with Crippen LogP contribution in [0, 0.1) is 0 Å². The molecule has 0 bridgehead atoms. The van der Waals surface area contributed by atoms with Crippen LogP contribution in [-0.4, -0.2) is 65.2 Å². The Labute approximate surface area is 188 Å². The monoisotopic (exact) mass is 454 g/mol. The molecule has 5 heterocycles. The first-order chi connectivity index (χ1) is 15.6. The number of furan rings is 1. The summed E-state index contributed by atoms with van der Waals surface area (Å²) in [5.41, 5.74) is 0.696. The van der Waals surface area contributed by atoms with Crippen molar-refractivity contribution in [3.05, 3.63) is 53.4 Å². The molecule has 1 N–H and O–H groups in total. The Morgan fingerprint density at radius 1 is 1.12 bits per heavy atom. The van der Waals surface area contributed by atoms with E-state index in [-0.39, 0.29) is 18.2 Å². The zero-order valence-electron chi connectivity index (χ0n) is 17.3. The molecule has 2 saturated heterocycles. The number of hydrogen-bond donors (Lipinski definition) is 1. The van der Waals surface area contributed by atoms with Crippen molar-refractivity contribution in [1.82, 2.24) is 14.9 Å². The average molecular weight is 455 g/mol. The van der Waals surface area contributed by atoms with Gasteiger partial charge in [0.05, 0.1) is 26.0 Å². The quantitative estimate of drug-likeness (QED) is 0.567. The molecule has 5 rings (SSSR count). The molecule has 2 aliphatic rings. The minimum Gasteiger partial charge on any atom is -0.463 e. The maximum absolute atomic E-state index is 13.0. The van der Waals surface area contributed by atoms with Gasteiger partial charge in [0, 0.05) is 32.1 Å². The van der Waals surface area contributed by atoms with E-state index >= 15 is 0 Å². The minimum absolute atomic E-state index is 0.189. The molecular formula is C22H22N4O5S. The summed E-state index contributed by atoms with van der Waals surface area (Å²) in [5, 5.41) is 3.17. The zero-order valence-corrected chi connectivity index (χ0v) is 18.1. The van der Waals surface area contributed by atoms with Gasteiger partial charge in [-0.05, 0) is 24.3 Å². The van der Waals surface area contributed by atoms with E-state index in [1.807, 2.05) is 0 Å². The van der Waals surface area contributed by atoms with Crippen LogP contribution in [0.25, 0.3) is 11.5 Å². The molecule has 166 valence electrons. The number of amides is 1. The van der Waals surface area contributed by atoms with Gasteiger partial charge in [0.1, 0.15) is 16.3 Å². The third-order valence-corrected chi connectivity index (χ3v) is 6.50. The smallest absolute Gasteiger partial charge is 0.240 e. The lowest BCUT2D eigenvalue weighted by Crippen LogP contribution is -2.47. The highest BCUT2D eigenvalue weighted by Crippen LogP contribution is 2.34. The molecule has 0 aliphatic carbocycles. The Bertz CT molecular complexity index is 1080. The topological polar surface area (TPSA) is 107 Å². The lowest BCUT2D eigenvalue weighted by molar-refractivity contribution is -0.185. The summed E-state index contributed by atoms with van der Waals surface area (Å²) in [5.74, 6) is -0.473. The predicted molar refractivity (Wildman–Crippen MR) is 116 cm³/mol. The first kappa shape index (κ1) is 21.0. The predicted octanol–water partition coefficient (Wildman–Crippen LogP) is 2.81. The van der Waals surface area contributed by atoms with Gasteiger partial charge in [0.25, 0.3) is 0 Å². The summed E-state index contributed by atoms with van der Waals surface area (Å²) < 4.78 is 16.9. The number of pyridine rings is 1. The van der Waals surface area contributed by atoms with Gasteiger partial charge in [-0.15, -0.1) is 0 Å². The number of ketones is 1. The number of ether oxygens (including phenoxy) is 2. The first-order valence-corrected chi connectivity index (χ1v) is 11.2. The molecule has 3 aromatic heterocycles. The summed E-state index contributed by atoms with van der Waals surface area (Å²) in [4.78, 5) is 36.7. The van der Waals surface area contributed by atoms with Crippen molar-refractivity contribution in [3.8, 4) is 11.5 Å². The van der Waals surface area contributed by atoms with Crippen LogP contribution in [0.5, 0.6) is 0 Å². The standard InChI is InChI=1S/C22H22N4O5S/c27-17(14-26-9-6-22(7-10-26)30-12-13-31-22)24-21-25-18(16-5-3-11-29-16)20(32-21)19(28)15-4-1-2-8-23-15/h1-5,8,11H,6-7,9-10,12-14H2,(H,24,25,27). The average Bonchev–Trinajstić information content (AvgIpc) is 3.57. The van der Waals surface area contributed by atoms with Crippen LogP contribution in [0.3, 0.4) is 0 Å². The number of anilines is 1. The van der Waals surface area contributed by atoms with Gasteiger partial charge in [-0.2, -0.15) is 0 Å². The number of nitrogens with zero attached hydrogens (tertiary/aromatic N) is 3. The Hall–Kier alpha value is -2.92. The van der Waals surface area contributed by atoms with Crippen LogP contribution < -0.4 is 5.32 Å². The van der Waals surface area contributed by atoms with Crippen LogP contribution in [0.4, 0.5) is 5.13 Å². The Kier molecular flexibility index (Phi) is 5.83. The number of likely N-dealkylation sites (tertiary alicyclic amines) is 1. The largest absolute Gasteiger partial charge is 0.463 e. The van der Waals surface area contributed by atoms with Crippen LogP contribution in [0.2, 0.25) is 0 Å². The summed E-state index contributed by atoms with van der Waals surface area (Å²) in [6, 6.07) is 8.60. The van der Waals surface area contributed by atoms with Crippen molar-refractivity contribution < 1.29 is 23.5 Å². The molecule has 9 nitrogen and oxygen atoms in total. The van der Waals surface area contributed by atoms with E-state index in [4.69, 9.17) is 13.9 Å². The molecule has 0 radical (unpaired) electrons. The molecule has 1 spiro atoms. The first-order valence-electron chi connectivity index (χ1n) is 10.4. The van der Waals surface area contributed by atoms with E-state index in [1.54, 1.807) is 36.5 Å². The zero-order chi connectivity index (χ0) is 22.0. The van der Waals surface area contributed by atoms with E-state index in [2.05, 4.69) is 20.2 Å². The van der Waals surface area contributed by atoms with Crippen LogP contribution in [0.15, 0.2) is 47.2 Å². The van der Waals surface area contributed by atoms with E-state index in [0.717, 1.165) is 24.2 Å². The number of carbonyl (C=O) groups excluding carboxylic acids is 2. The number of thiazole rings is 1. The SMILES string of the molecule is O=C(CN1CCC2(CC1)OCCO2)Nc1nc(-c2ccco2)c(C(=O)c2ccccn2)s1. The molecule has 1 amide bonds. The molecule has 0 saturated carbocycles. The lowest BCUT2D eigenvalue weighted by atomic mass is 10.0. The molecule has 0 aromatic carbocycles. The van der Waals surface area contributed by atoms with E-state index in [9.17, 15) is 9.59 Å². The molecule has 2 aliphatic heterocycles. The van der Waals surface area contributed by atoms with Gasteiger partial charge in [-0.25, -0.2) is 4.98 Å². The second-order valence-electron chi connectivity index (χ2n) is 7.65. The van der Waals surface area contributed by atoms with Crippen molar-refractivity contribution in [2.75, 3.05) is 38.2 Å². The Balaban J connectivity index is 1.28. The Morgan fingerprint density at radius 2 is 1.94 bits per heavy atom. The summed E-state index contributed by atoms with van der Waals surface area (Å²) in [6.45, 7) is 2.91. The number of rotatable bonds is 6. The fraction of sp³-hybridized carbons (Fsp3) is 0.364. The van der Waals surface area contributed by atoms with Gasteiger partial charge < -0.3 is 19.2 Å². The molecule has 0 unspecified atom stereocenters. The van der Waals surface area contributed by atoms with Crippen molar-refractivity contribution in [2.24, 2.45) is 0 Å². The fourth-order valence-electron chi connectivity index (χ4n) is 3.92. The number of aromatic nitrogens is 2. The lowest BCUT2D eigenvalue weighted by Gasteiger charge is -2.37. The summed E-state index contributed by atoms with van der Waals surface area (Å²) in [7, 11) is 0. The summed E-state index contributed by atoms with van der Waals surface area (Å²) in [6.07, 6.45) is 4.56. The van der Waals surface area contributed by atoms with Gasteiger partial charge in [-0.1, -0.05) is 17.4 Å². The number of piperidine rings is 1. The molecule has 0 atom stereocenters. The van der Waals surface area contributed by atoms with Gasteiger partial charge in [0.2, 0.25) is 11.7 Å². The minimum atomic E-state index is -0.471. The second kappa shape index (κ2) is 8.91. The van der Waals surface area contributed by atoms with Gasteiger partial charge >= 0.3 is 0 Å². The van der Waals surface area contributed by atoms with Crippen molar-refractivity contribution in [3.63, 3.8) is 0 Å². The molecule has 2 fully saturated rings. The van der Waals surface area contributed by atoms with E-state index in [1.165, 1.54) is 6.26 Å². The Morgan fingerprint density at radius 3 is 2.62 bits per heavy atom. The van der Waals surface area contributed by atoms with E-state index < -0.39 is 5.79 Å². The molecule has 3 aromatic rings. The van der Waals surface area contributed by atoms with Crippen molar-refractivity contribution >= 4 is 28.2 Å². The third-order valence-electron chi connectivity index (χ3n) is 5.53. The molecule has 10 heteroatoms. The number of hydrogen-bond acceptors (Lipinski definition) is 9. The third kappa shape index (κ3) is 4.35.